The van der Waals surface area contributed by atoms with Crippen LogP contribution in [0.15, 0.2) is 39.8 Å². The number of fused-ring (bicyclic) bond motifs is 2. The van der Waals surface area contributed by atoms with Gasteiger partial charge in [-0.2, -0.15) is 5.10 Å². The number of hydrogen-bond donors (Lipinski definition) is 1. The highest BCUT2D eigenvalue weighted by Crippen LogP contribution is 2.23. The summed E-state index contributed by atoms with van der Waals surface area (Å²) in [5, 5.41) is 9.35. The van der Waals surface area contributed by atoms with Crippen LogP contribution in [0.3, 0.4) is 0 Å². The fraction of sp³-hybridized carbons (Fsp3) is 0.400. The van der Waals surface area contributed by atoms with Crippen LogP contribution in [0.5, 0.6) is 0 Å². The molecule has 1 aliphatic heterocycles. The van der Waals surface area contributed by atoms with E-state index in [0.717, 1.165) is 37.3 Å². The van der Waals surface area contributed by atoms with E-state index >= 15 is 0 Å². The zero-order valence-electron chi connectivity index (χ0n) is 16.3. The van der Waals surface area contributed by atoms with Crippen LogP contribution in [0.1, 0.15) is 25.5 Å². The van der Waals surface area contributed by atoms with Crippen molar-refractivity contribution in [1.29, 1.82) is 0 Å². The van der Waals surface area contributed by atoms with Crippen molar-refractivity contribution in [2.75, 3.05) is 18.0 Å². The smallest absolute Gasteiger partial charge is 0.293 e. The molecule has 4 heterocycles. The molecule has 0 bridgehead atoms. The predicted octanol–water partition coefficient (Wildman–Crippen LogP) is 1.73. The molecular weight excluding hydrogens is 370 g/mol. The van der Waals surface area contributed by atoms with Gasteiger partial charge in [0, 0.05) is 31.1 Å². The number of aryl methyl sites for hydroxylation is 1. The molecule has 5 rings (SSSR count). The molecule has 1 aliphatic rings. The average Bonchev–Trinajstić information content (AvgIpc) is 3.32. The Labute approximate surface area is 166 Å². The first-order valence-electron chi connectivity index (χ1n) is 9.96. The third-order valence-corrected chi connectivity index (χ3v) is 5.54. The molecule has 0 spiro atoms. The maximum absolute atomic E-state index is 13.3. The van der Waals surface area contributed by atoms with Gasteiger partial charge in [0.25, 0.3) is 5.56 Å². The van der Waals surface area contributed by atoms with Gasteiger partial charge < -0.3 is 19.7 Å². The van der Waals surface area contributed by atoms with Gasteiger partial charge in [-0.3, -0.25) is 4.79 Å². The molecule has 2 N–H and O–H groups in total. The summed E-state index contributed by atoms with van der Waals surface area (Å²) in [6.45, 7) is 4.54. The minimum absolute atomic E-state index is 0.129. The summed E-state index contributed by atoms with van der Waals surface area (Å²) in [5.74, 6) is 0.793. The lowest BCUT2D eigenvalue weighted by Gasteiger charge is -2.31. The first-order valence-corrected chi connectivity index (χ1v) is 9.96. The van der Waals surface area contributed by atoms with Crippen LogP contribution in [0.4, 0.5) is 5.95 Å². The van der Waals surface area contributed by atoms with E-state index in [4.69, 9.17) is 15.2 Å². The lowest BCUT2D eigenvalue weighted by molar-refractivity contribution is 0.439. The quantitative estimate of drug-likeness (QED) is 0.562. The molecule has 1 saturated heterocycles. The minimum atomic E-state index is -0.184. The standard InChI is InChI=1S/C20H23N7O2/c1-2-26-18-15(23-20(26)25-9-5-6-13(21)11-25)10-22-27(19(18)28)12-16-14-7-3-4-8-17(14)29-24-16/h3-4,7-8,10,13H,2,5-6,9,11-12,21H2,1H3/t13-/m1/s1. The van der Waals surface area contributed by atoms with E-state index in [0.29, 0.717) is 28.9 Å². The van der Waals surface area contributed by atoms with Gasteiger partial charge in [-0.05, 0) is 31.9 Å². The summed E-state index contributed by atoms with van der Waals surface area (Å²) in [4.78, 5) is 20.2. The molecule has 1 aromatic carbocycles. The highest BCUT2D eigenvalue weighted by Gasteiger charge is 2.24. The summed E-state index contributed by atoms with van der Waals surface area (Å²) < 4.78 is 8.75. The van der Waals surface area contributed by atoms with E-state index < -0.39 is 0 Å². The van der Waals surface area contributed by atoms with Crippen LogP contribution in [0.2, 0.25) is 0 Å². The second kappa shape index (κ2) is 7.00. The number of nitrogens with two attached hydrogens (primary N) is 1. The van der Waals surface area contributed by atoms with Crippen LogP contribution >= 0.6 is 0 Å². The monoisotopic (exact) mass is 393 g/mol. The third-order valence-electron chi connectivity index (χ3n) is 5.54. The topological polar surface area (TPSA) is 108 Å². The molecule has 150 valence electrons. The van der Waals surface area contributed by atoms with Crippen molar-refractivity contribution in [2.45, 2.75) is 38.9 Å². The van der Waals surface area contributed by atoms with Gasteiger partial charge in [-0.15, -0.1) is 0 Å². The molecule has 3 aromatic heterocycles. The van der Waals surface area contributed by atoms with Crippen LogP contribution in [-0.4, -0.2) is 43.6 Å². The van der Waals surface area contributed by atoms with Crippen molar-refractivity contribution >= 4 is 28.0 Å². The SMILES string of the molecule is CCn1c(N2CCC[C@@H](N)C2)nc2cnn(Cc3noc4ccccc34)c(=O)c21. The van der Waals surface area contributed by atoms with E-state index in [9.17, 15) is 4.79 Å². The second-order valence-electron chi connectivity index (χ2n) is 7.47. The molecule has 4 aromatic rings. The van der Waals surface area contributed by atoms with E-state index in [1.54, 1.807) is 6.20 Å². The van der Waals surface area contributed by atoms with E-state index in [-0.39, 0.29) is 18.1 Å². The number of hydrogen-bond acceptors (Lipinski definition) is 7. The third kappa shape index (κ3) is 2.98. The fourth-order valence-electron chi connectivity index (χ4n) is 4.11. The van der Waals surface area contributed by atoms with Gasteiger partial charge in [0.15, 0.2) is 5.58 Å². The highest BCUT2D eigenvalue weighted by atomic mass is 16.5. The Morgan fingerprint density at radius 1 is 1.31 bits per heavy atom. The molecule has 9 heteroatoms. The molecule has 0 saturated carbocycles. The van der Waals surface area contributed by atoms with Crippen molar-refractivity contribution in [3.63, 3.8) is 0 Å². The number of rotatable bonds is 4. The molecular formula is C20H23N7O2. The van der Waals surface area contributed by atoms with Crippen molar-refractivity contribution in [2.24, 2.45) is 5.73 Å². The van der Waals surface area contributed by atoms with E-state index in [1.807, 2.05) is 35.8 Å². The summed E-state index contributed by atoms with van der Waals surface area (Å²) in [6.07, 6.45) is 3.69. The van der Waals surface area contributed by atoms with Crippen LogP contribution in [0.25, 0.3) is 22.0 Å². The fourth-order valence-corrected chi connectivity index (χ4v) is 4.11. The first-order chi connectivity index (χ1) is 14.2. The van der Waals surface area contributed by atoms with Gasteiger partial charge in [0.1, 0.15) is 16.7 Å². The maximum Gasteiger partial charge on any atom is 0.293 e. The Bertz CT molecular complexity index is 1240. The number of imidazole rings is 1. The van der Waals surface area contributed by atoms with Crippen LogP contribution in [-0.2, 0) is 13.1 Å². The number of benzene rings is 1. The summed E-state index contributed by atoms with van der Waals surface area (Å²) in [7, 11) is 0. The molecule has 29 heavy (non-hydrogen) atoms. The van der Waals surface area contributed by atoms with E-state index in [1.165, 1.54) is 4.68 Å². The highest BCUT2D eigenvalue weighted by molar-refractivity contribution is 5.79. The first kappa shape index (κ1) is 17.9. The Morgan fingerprint density at radius 2 is 2.17 bits per heavy atom. The zero-order valence-corrected chi connectivity index (χ0v) is 16.3. The predicted molar refractivity (Wildman–Crippen MR) is 110 cm³/mol. The normalized spacial score (nSPS) is 17.4. The van der Waals surface area contributed by atoms with Crippen molar-refractivity contribution in [3.05, 3.63) is 46.5 Å². The summed E-state index contributed by atoms with van der Waals surface area (Å²) in [6, 6.07) is 7.72. The maximum atomic E-state index is 13.3. The average molecular weight is 393 g/mol. The number of anilines is 1. The Hall–Kier alpha value is -3.20. The largest absolute Gasteiger partial charge is 0.356 e. The lowest BCUT2D eigenvalue weighted by Crippen LogP contribution is -2.44. The Kier molecular flexibility index (Phi) is 4.31. The molecule has 0 amide bonds. The summed E-state index contributed by atoms with van der Waals surface area (Å²) >= 11 is 0. The minimum Gasteiger partial charge on any atom is -0.356 e. The van der Waals surface area contributed by atoms with Crippen molar-refractivity contribution in [3.8, 4) is 0 Å². The lowest BCUT2D eigenvalue weighted by atomic mass is 10.1. The van der Waals surface area contributed by atoms with Gasteiger partial charge in [-0.1, -0.05) is 17.3 Å². The molecule has 0 aliphatic carbocycles. The van der Waals surface area contributed by atoms with Gasteiger partial charge in [-0.25, -0.2) is 9.67 Å². The number of para-hydroxylation sites is 1. The molecule has 9 nitrogen and oxygen atoms in total. The number of nitrogens with zero attached hydrogens (tertiary/aromatic N) is 6. The molecule has 0 unspecified atom stereocenters. The number of aromatic nitrogens is 5. The zero-order chi connectivity index (χ0) is 20.0. The van der Waals surface area contributed by atoms with Crippen molar-refractivity contribution < 1.29 is 4.52 Å². The van der Waals surface area contributed by atoms with Gasteiger partial charge >= 0.3 is 0 Å². The second-order valence-corrected chi connectivity index (χ2v) is 7.47. The van der Waals surface area contributed by atoms with Crippen molar-refractivity contribution in [1.82, 2.24) is 24.5 Å². The summed E-state index contributed by atoms with van der Waals surface area (Å²) in [5.41, 5.74) is 8.50. The van der Waals surface area contributed by atoms with Crippen LogP contribution in [0, 0.1) is 0 Å². The van der Waals surface area contributed by atoms with Gasteiger partial charge in [0.05, 0.1) is 12.7 Å². The Morgan fingerprint density at radius 3 is 3.00 bits per heavy atom. The van der Waals surface area contributed by atoms with Crippen LogP contribution < -0.4 is 16.2 Å². The molecule has 0 radical (unpaired) electrons. The Balaban J connectivity index is 1.58. The molecule has 1 fully saturated rings. The van der Waals surface area contributed by atoms with Gasteiger partial charge in [0.2, 0.25) is 5.95 Å². The molecule has 1 atom stereocenters. The van der Waals surface area contributed by atoms with E-state index in [2.05, 4.69) is 15.2 Å². The number of piperidine rings is 1.